The number of benzene rings is 1. The lowest BCUT2D eigenvalue weighted by Crippen LogP contribution is -2.43. The minimum absolute atomic E-state index is 0.0798. The van der Waals surface area contributed by atoms with E-state index in [9.17, 15) is 4.79 Å². The van der Waals surface area contributed by atoms with E-state index < -0.39 is 0 Å². The SMILES string of the molecule is O=C(Nc1ccc2c(c1)C(Cc1c[nH]cn1)CCO2)N1CCOCC1. The number of imidazole rings is 1. The van der Waals surface area contributed by atoms with Crippen LogP contribution in [0.15, 0.2) is 30.7 Å². The first-order valence-electron chi connectivity index (χ1n) is 8.67. The number of carbonyl (C=O) groups excluding carboxylic acids is 1. The van der Waals surface area contributed by atoms with Crippen LogP contribution >= 0.6 is 0 Å². The number of carbonyl (C=O) groups is 1. The summed E-state index contributed by atoms with van der Waals surface area (Å²) in [5, 5.41) is 3.00. The number of aromatic amines is 1. The molecule has 2 aliphatic heterocycles. The second kappa shape index (κ2) is 7.14. The summed E-state index contributed by atoms with van der Waals surface area (Å²) < 4.78 is 11.1. The summed E-state index contributed by atoms with van der Waals surface area (Å²) in [6.45, 7) is 3.15. The van der Waals surface area contributed by atoms with Gasteiger partial charge in [-0.2, -0.15) is 0 Å². The number of anilines is 1. The molecule has 2 N–H and O–H groups in total. The van der Waals surface area contributed by atoms with E-state index in [1.807, 2.05) is 24.4 Å². The van der Waals surface area contributed by atoms with E-state index in [0.717, 1.165) is 35.5 Å². The predicted octanol–water partition coefficient (Wildman–Crippen LogP) is 2.38. The Kier molecular flexibility index (Phi) is 4.56. The molecule has 2 aliphatic rings. The molecule has 0 radical (unpaired) electrons. The van der Waals surface area contributed by atoms with Crippen molar-refractivity contribution >= 4 is 11.7 Å². The number of fused-ring (bicyclic) bond motifs is 1. The third-order valence-electron chi connectivity index (χ3n) is 4.73. The number of hydrogen-bond acceptors (Lipinski definition) is 4. The molecule has 1 atom stereocenters. The molecule has 2 amide bonds. The molecule has 1 saturated heterocycles. The summed E-state index contributed by atoms with van der Waals surface area (Å²) in [5.74, 6) is 1.24. The number of H-pyrrole nitrogens is 1. The van der Waals surface area contributed by atoms with E-state index in [1.54, 1.807) is 11.2 Å². The number of nitrogens with zero attached hydrogens (tertiary/aromatic N) is 2. The van der Waals surface area contributed by atoms with Gasteiger partial charge in [0, 0.05) is 25.0 Å². The minimum Gasteiger partial charge on any atom is -0.493 e. The Balaban J connectivity index is 1.50. The monoisotopic (exact) mass is 342 g/mol. The number of rotatable bonds is 3. The van der Waals surface area contributed by atoms with E-state index in [2.05, 4.69) is 15.3 Å². The van der Waals surface area contributed by atoms with Crippen molar-refractivity contribution in [1.82, 2.24) is 14.9 Å². The fraction of sp³-hybridized carbons (Fsp3) is 0.444. The molecule has 25 heavy (non-hydrogen) atoms. The molecule has 3 heterocycles. The van der Waals surface area contributed by atoms with E-state index in [0.29, 0.717) is 38.8 Å². The summed E-state index contributed by atoms with van der Waals surface area (Å²) in [4.78, 5) is 21.5. The Morgan fingerprint density at radius 3 is 3.00 bits per heavy atom. The van der Waals surface area contributed by atoms with Crippen LogP contribution in [-0.4, -0.2) is 53.8 Å². The molecule has 1 aromatic carbocycles. The highest BCUT2D eigenvalue weighted by molar-refractivity contribution is 5.89. The molecule has 7 nitrogen and oxygen atoms in total. The van der Waals surface area contributed by atoms with Crippen LogP contribution in [0.2, 0.25) is 0 Å². The highest BCUT2D eigenvalue weighted by atomic mass is 16.5. The third-order valence-corrected chi connectivity index (χ3v) is 4.73. The second-order valence-electron chi connectivity index (χ2n) is 6.38. The van der Waals surface area contributed by atoms with Gasteiger partial charge in [0.1, 0.15) is 5.75 Å². The molecule has 1 aromatic heterocycles. The van der Waals surface area contributed by atoms with Gasteiger partial charge in [0.15, 0.2) is 0 Å². The number of ether oxygens (including phenoxy) is 2. The van der Waals surface area contributed by atoms with Gasteiger partial charge < -0.3 is 24.7 Å². The molecular formula is C18H22N4O3. The molecule has 0 aliphatic carbocycles. The van der Waals surface area contributed by atoms with Crippen molar-refractivity contribution in [2.24, 2.45) is 0 Å². The normalized spacial score (nSPS) is 19.8. The number of aromatic nitrogens is 2. The number of morpholine rings is 1. The Morgan fingerprint density at radius 1 is 1.32 bits per heavy atom. The number of urea groups is 1. The first kappa shape index (κ1) is 16.0. The fourth-order valence-corrected chi connectivity index (χ4v) is 3.38. The van der Waals surface area contributed by atoms with Crippen molar-refractivity contribution in [3.8, 4) is 5.75 Å². The van der Waals surface area contributed by atoms with Crippen molar-refractivity contribution in [2.45, 2.75) is 18.8 Å². The molecule has 1 unspecified atom stereocenters. The number of nitrogens with one attached hydrogen (secondary N) is 2. The smallest absolute Gasteiger partial charge is 0.321 e. The predicted molar refractivity (Wildman–Crippen MR) is 93.0 cm³/mol. The molecule has 2 aromatic rings. The average Bonchev–Trinajstić information content (AvgIpc) is 3.16. The molecule has 7 heteroatoms. The van der Waals surface area contributed by atoms with Gasteiger partial charge in [-0.15, -0.1) is 0 Å². The molecule has 1 fully saturated rings. The topological polar surface area (TPSA) is 79.5 Å². The molecular weight excluding hydrogens is 320 g/mol. The van der Waals surface area contributed by atoms with Crippen LogP contribution in [0.3, 0.4) is 0 Å². The van der Waals surface area contributed by atoms with Crippen molar-refractivity contribution < 1.29 is 14.3 Å². The summed E-state index contributed by atoms with van der Waals surface area (Å²) in [7, 11) is 0. The van der Waals surface area contributed by atoms with Crippen LogP contribution in [0.5, 0.6) is 5.75 Å². The van der Waals surface area contributed by atoms with E-state index in [1.165, 1.54) is 0 Å². The highest BCUT2D eigenvalue weighted by Gasteiger charge is 2.24. The van der Waals surface area contributed by atoms with Crippen molar-refractivity contribution in [1.29, 1.82) is 0 Å². The lowest BCUT2D eigenvalue weighted by atomic mass is 9.89. The summed E-state index contributed by atoms with van der Waals surface area (Å²) in [6, 6.07) is 5.79. The van der Waals surface area contributed by atoms with Gasteiger partial charge in [-0.25, -0.2) is 9.78 Å². The van der Waals surface area contributed by atoms with Crippen LogP contribution in [-0.2, 0) is 11.2 Å². The Hall–Kier alpha value is -2.54. The summed E-state index contributed by atoms with van der Waals surface area (Å²) in [5.41, 5.74) is 2.97. The Labute approximate surface area is 146 Å². The van der Waals surface area contributed by atoms with Crippen LogP contribution in [0.25, 0.3) is 0 Å². The molecule has 0 spiro atoms. The van der Waals surface area contributed by atoms with Crippen LogP contribution < -0.4 is 10.1 Å². The molecule has 132 valence electrons. The first-order valence-corrected chi connectivity index (χ1v) is 8.67. The lowest BCUT2D eigenvalue weighted by Gasteiger charge is -2.28. The van der Waals surface area contributed by atoms with Gasteiger partial charge in [0.05, 0.1) is 31.8 Å². The van der Waals surface area contributed by atoms with E-state index >= 15 is 0 Å². The molecule has 4 rings (SSSR count). The van der Waals surface area contributed by atoms with Gasteiger partial charge in [-0.1, -0.05) is 0 Å². The van der Waals surface area contributed by atoms with Crippen molar-refractivity contribution in [2.75, 3.05) is 38.2 Å². The number of hydrogen-bond donors (Lipinski definition) is 2. The molecule has 0 saturated carbocycles. The minimum atomic E-state index is -0.0798. The third kappa shape index (κ3) is 3.61. The zero-order valence-corrected chi connectivity index (χ0v) is 14.0. The zero-order chi connectivity index (χ0) is 17.1. The quantitative estimate of drug-likeness (QED) is 0.898. The standard InChI is InChI=1S/C18H22N4O3/c23-18(22-4-7-24-8-5-22)21-14-1-2-17-16(10-14)13(3-6-25-17)9-15-11-19-12-20-15/h1-2,10-13H,3-9H2,(H,19,20)(H,21,23). The maximum absolute atomic E-state index is 12.4. The zero-order valence-electron chi connectivity index (χ0n) is 14.0. The van der Waals surface area contributed by atoms with Gasteiger partial charge in [0.2, 0.25) is 0 Å². The van der Waals surface area contributed by atoms with Crippen LogP contribution in [0.4, 0.5) is 10.5 Å². The van der Waals surface area contributed by atoms with Crippen LogP contribution in [0, 0.1) is 0 Å². The summed E-state index contributed by atoms with van der Waals surface area (Å²) >= 11 is 0. The van der Waals surface area contributed by atoms with Gasteiger partial charge in [-0.05, 0) is 42.5 Å². The second-order valence-corrected chi connectivity index (χ2v) is 6.38. The maximum atomic E-state index is 12.4. The maximum Gasteiger partial charge on any atom is 0.321 e. The van der Waals surface area contributed by atoms with Gasteiger partial charge in [0.25, 0.3) is 0 Å². The van der Waals surface area contributed by atoms with E-state index in [-0.39, 0.29) is 6.03 Å². The number of amides is 2. The van der Waals surface area contributed by atoms with Gasteiger partial charge >= 0.3 is 6.03 Å². The average molecular weight is 342 g/mol. The van der Waals surface area contributed by atoms with Crippen molar-refractivity contribution in [3.05, 3.63) is 42.0 Å². The lowest BCUT2D eigenvalue weighted by molar-refractivity contribution is 0.0564. The summed E-state index contributed by atoms with van der Waals surface area (Å²) in [6.07, 6.45) is 5.44. The van der Waals surface area contributed by atoms with Crippen LogP contribution in [0.1, 0.15) is 23.6 Å². The fourth-order valence-electron chi connectivity index (χ4n) is 3.38. The Morgan fingerprint density at radius 2 is 2.20 bits per heavy atom. The van der Waals surface area contributed by atoms with Gasteiger partial charge in [-0.3, -0.25) is 0 Å². The Bertz CT molecular complexity index is 726. The highest BCUT2D eigenvalue weighted by Crippen LogP contribution is 2.37. The molecule has 0 bridgehead atoms. The van der Waals surface area contributed by atoms with E-state index in [4.69, 9.17) is 9.47 Å². The first-order chi connectivity index (χ1) is 12.3. The largest absolute Gasteiger partial charge is 0.493 e. The van der Waals surface area contributed by atoms with Crippen molar-refractivity contribution in [3.63, 3.8) is 0 Å².